The van der Waals surface area contributed by atoms with Crippen LogP contribution in [-0.2, 0) is 0 Å². The zero-order valence-corrected chi connectivity index (χ0v) is 13.2. The van der Waals surface area contributed by atoms with E-state index in [1.807, 2.05) is 0 Å². The van der Waals surface area contributed by atoms with Gasteiger partial charge in [0.2, 0.25) is 0 Å². The molecule has 0 N–H and O–H groups in total. The first-order valence-electron chi connectivity index (χ1n) is 6.20. The van der Waals surface area contributed by atoms with Crippen molar-refractivity contribution in [2.75, 3.05) is 4.23 Å². The van der Waals surface area contributed by atoms with Crippen molar-refractivity contribution >= 4 is 22.2 Å². The van der Waals surface area contributed by atoms with Gasteiger partial charge in [0.15, 0.2) is 0 Å². The molecule has 2 rings (SSSR count). The van der Waals surface area contributed by atoms with E-state index in [9.17, 15) is 0 Å². The van der Waals surface area contributed by atoms with Gasteiger partial charge in [-0.15, -0.1) is 0 Å². The van der Waals surface area contributed by atoms with Crippen molar-refractivity contribution in [2.45, 2.75) is 45.2 Å². The molecular weight excluding hydrogens is 226 g/mol. The molecule has 0 atom stereocenters. The molecule has 1 aromatic rings. The number of anilines is 1. The van der Waals surface area contributed by atoms with Crippen LogP contribution in [0.4, 0.5) is 5.69 Å². The summed E-state index contributed by atoms with van der Waals surface area (Å²) < 4.78 is 2.87. The van der Waals surface area contributed by atoms with Crippen molar-refractivity contribution in [3.05, 3.63) is 29.8 Å². The SMILES string of the molecule is Cc1cccc(N2[Si](C)(C)CC[Si]2(C)C)c1. The maximum Gasteiger partial charge on any atom is 0.141 e. The van der Waals surface area contributed by atoms with Gasteiger partial charge in [-0.1, -0.05) is 38.3 Å². The van der Waals surface area contributed by atoms with Gasteiger partial charge in [0.1, 0.15) is 16.5 Å². The fraction of sp³-hybridized carbons (Fsp3) is 0.538. The van der Waals surface area contributed by atoms with E-state index in [1.54, 1.807) is 0 Å². The molecule has 1 nitrogen and oxygen atoms in total. The Labute approximate surface area is 102 Å². The number of nitrogens with zero attached hydrogens (tertiary/aromatic N) is 1. The zero-order chi connectivity index (χ0) is 12.0. The molecule has 0 aliphatic carbocycles. The predicted octanol–water partition coefficient (Wildman–Crippen LogP) is 4.23. The van der Waals surface area contributed by atoms with Crippen molar-refractivity contribution in [3.63, 3.8) is 0 Å². The van der Waals surface area contributed by atoms with Crippen LogP contribution in [0.25, 0.3) is 0 Å². The number of hydrogen-bond acceptors (Lipinski definition) is 1. The summed E-state index contributed by atoms with van der Waals surface area (Å²) in [6, 6.07) is 12.0. The van der Waals surface area contributed by atoms with Gasteiger partial charge in [-0.3, -0.25) is 0 Å². The van der Waals surface area contributed by atoms with E-state index >= 15 is 0 Å². The quantitative estimate of drug-likeness (QED) is 0.673. The maximum atomic E-state index is 2.87. The van der Waals surface area contributed by atoms with Crippen LogP contribution in [0.5, 0.6) is 0 Å². The summed E-state index contributed by atoms with van der Waals surface area (Å²) in [7, 11) is -2.35. The van der Waals surface area contributed by atoms with Crippen molar-refractivity contribution in [1.29, 1.82) is 0 Å². The van der Waals surface area contributed by atoms with E-state index in [1.165, 1.54) is 23.3 Å². The third kappa shape index (κ3) is 1.98. The van der Waals surface area contributed by atoms with Crippen molar-refractivity contribution in [2.24, 2.45) is 0 Å². The summed E-state index contributed by atoms with van der Waals surface area (Å²) in [4.78, 5) is 0. The molecule has 0 bridgehead atoms. The Kier molecular flexibility index (Phi) is 2.79. The van der Waals surface area contributed by atoms with Crippen LogP contribution in [0.15, 0.2) is 24.3 Å². The van der Waals surface area contributed by atoms with Gasteiger partial charge < -0.3 is 4.23 Å². The Hall–Kier alpha value is -0.546. The van der Waals surface area contributed by atoms with Crippen LogP contribution in [0.3, 0.4) is 0 Å². The zero-order valence-electron chi connectivity index (χ0n) is 11.2. The standard InChI is InChI=1S/C13H23NSi2/c1-12-7-6-8-13(11-12)14-15(2,3)9-10-16(14,4)5/h6-8,11H,9-10H2,1-5H3. The Balaban J connectivity index is 2.45. The van der Waals surface area contributed by atoms with Crippen LogP contribution in [-0.4, -0.2) is 16.5 Å². The smallest absolute Gasteiger partial charge is 0.141 e. The molecule has 0 aromatic heterocycles. The van der Waals surface area contributed by atoms with E-state index in [2.05, 4.69) is 61.6 Å². The molecule has 1 heterocycles. The van der Waals surface area contributed by atoms with E-state index in [4.69, 9.17) is 0 Å². The molecule has 1 aromatic carbocycles. The first kappa shape index (κ1) is 11.9. The molecule has 0 radical (unpaired) electrons. The van der Waals surface area contributed by atoms with Crippen molar-refractivity contribution < 1.29 is 0 Å². The van der Waals surface area contributed by atoms with Gasteiger partial charge in [-0.2, -0.15) is 0 Å². The molecule has 1 saturated heterocycles. The molecule has 0 spiro atoms. The highest BCUT2D eigenvalue weighted by molar-refractivity contribution is 7.04. The highest BCUT2D eigenvalue weighted by Crippen LogP contribution is 2.40. The fourth-order valence-electron chi connectivity index (χ4n) is 3.12. The minimum Gasteiger partial charge on any atom is -0.424 e. The Morgan fingerprint density at radius 3 is 2.06 bits per heavy atom. The highest BCUT2D eigenvalue weighted by Gasteiger charge is 2.47. The monoisotopic (exact) mass is 249 g/mol. The average Bonchev–Trinajstić information content (AvgIpc) is 2.35. The van der Waals surface area contributed by atoms with Gasteiger partial charge in [0.25, 0.3) is 0 Å². The summed E-state index contributed by atoms with van der Waals surface area (Å²) >= 11 is 0. The Bertz CT molecular complexity index is 383. The highest BCUT2D eigenvalue weighted by atomic mass is 28.4. The Morgan fingerprint density at radius 2 is 1.56 bits per heavy atom. The molecule has 3 heteroatoms. The summed E-state index contributed by atoms with van der Waals surface area (Å²) in [5.74, 6) is 0. The molecule has 0 unspecified atom stereocenters. The first-order valence-corrected chi connectivity index (χ1v) is 12.5. The minimum absolute atomic E-state index is 1.17. The summed E-state index contributed by atoms with van der Waals surface area (Å²) in [5.41, 5.74) is 2.88. The first-order chi connectivity index (χ1) is 7.33. The topological polar surface area (TPSA) is 3.24 Å². The normalized spacial score (nSPS) is 22.4. The van der Waals surface area contributed by atoms with E-state index in [-0.39, 0.29) is 0 Å². The number of aryl methyl sites for hydroxylation is 1. The predicted molar refractivity (Wildman–Crippen MR) is 78.2 cm³/mol. The molecule has 0 saturated carbocycles. The van der Waals surface area contributed by atoms with E-state index in [0.717, 1.165) is 0 Å². The second-order valence-electron chi connectivity index (χ2n) is 6.30. The third-order valence-electron chi connectivity index (χ3n) is 3.82. The summed E-state index contributed by atoms with van der Waals surface area (Å²) in [6.45, 7) is 12.3. The molecule has 1 aliphatic rings. The summed E-state index contributed by atoms with van der Waals surface area (Å²) in [5, 5.41) is 0. The van der Waals surface area contributed by atoms with Gasteiger partial charge in [0, 0.05) is 5.69 Å². The number of rotatable bonds is 1. The third-order valence-corrected chi connectivity index (χ3v) is 13.8. The lowest BCUT2D eigenvalue weighted by Crippen LogP contribution is -2.55. The van der Waals surface area contributed by atoms with Crippen molar-refractivity contribution in [3.8, 4) is 0 Å². The lowest BCUT2D eigenvalue weighted by atomic mass is 10.2. The molecule has 16 heavy (non-hydrogen) atoms. The number of benzene rings is 1. The largest absolute Gasteiger partial charge is 0.424 e. The van der Waals surface area contributed by atoms with E-state index in [0.29, 0.717) is 0 Å². The van der Waals surface area contributed by atoms with Gasteiger partial charge >= 0.3 is 0 Å². The molecule has 0 amide bonds. The van der Waals surface area contributed by atoms with Crippen molar-refractivity contribution in [1.82, 2.24) is 0 Å². The minimum atomic E-state index is -1.17. The van der Waals surface area contributed by atoms with E-state index < -0.39 is 16.5 Å². The molecular formula is C13H23NSi2. The molecule has 1 fully saturated rings. The molecule has 88 valence electrons. The fourth-order valence-corrected chi connectivity index (χ4v) is 17.4. The van der Waals surface area contributed by atoms with Gasteiger partial charge in [-0.25, -0.2) is 0 Å². The average molecular weight is 250 g/mol. The lowest BCUT2D eigenvalue weighted by molar-refractivity contribution is 1.35. The maximum absolute atomic E-state index is 2.87. The molecule has 1 aliphatic heterocycles. The lowest BCUT2D eigenvalue weighted by Gasteiger charge is -2.41. The second kappa shape index (κ2) is 3.74. The van der Waals surface area contributed by atoms with Gasteiger partial charge in [0.05, 0.1) is 0 Å². The van der Waals surface area contributed by atoms with Crippen LogP contribution in [0.2, 0.25) is 38.3 Å². The van der Waals surface area contributed by atoms with Gasteiger partial charge in [-0.05, 0) is 36.7 Å². The second-order valence-corrected chi connectivity index (χ2v) is 15.9. The number of hydrogen-bond donors (Lipinski definition) is 0. The van der Waals surface area contributed by atoms with Crippen LogP contribution in [0, 0.1) is 6.92 Å². The Morgan fingerprint density at radius 1 is 1.00 bits per heavy atom. The summed E-state index contributed by atoms with van der Waals surface area (Å²) in [6.07, 6.45) is 0. The van der Waals surface area contributed by atoms with Crippen LogP contribution in [0.1, 0.15) is 5.56 Å². The van der Waals surface area contributed by atoms with Crippen LogP contribution >= 0.6 is 0 Å². The van der Waals surface area contributed by atoms with Crippen LogP contribution < -0.4 is 4.23 Å².